The number of aromatic nitrogens is 1. The summed E-state index contributed by atoms with van der Waals surface area (Å²) in [6, 6.07) is 4.51. The normalized spacial score (nSPS) is 16.0. The molecule has 0 saturated heterocycles. The SMILES string of the molecule is CC(C)(O/N=C(\C(=O)NC1Cc2cccc(C(=O)O)c2OB1O)c1csc(N)n1)C(N)=O. The number of para-hydroxylation sites is 1. The molecule has 7 N–H and O–H groups in total. The highest BCUT2D eigenvalue weighted by atomic mass is 32.1. The number of primary amides is 1. The number of nitrogens with one attached hydrogen (secondary N) is 1. The summed E-state index contributed by atoms with van der Waals surface area (Å²) in [4.78, 5) is 45.0. The lowest BCUT2D eigenvalue weighted by Crippen LogP contribution is -2.54. The van der Waals surface area contributed by atoms with E-state index < -0.39 is 36.4 Å². The molecule has 0 radical (unpaired) electrons. The Morgan fingerprint density at radius 2 is 2.12 bits per heavy atom. The van der Waals surface area contributed by atoms with E-state index in [4.69, 9.17) is 21.0 Å². The lowest BCUT2D eigenvalue weighted by atomic mass is 9.72. The highest BCUT2D eigenvalue weighted by Crippen LogP contribution is 2.30. The van der Waals surface area contributed by atoms with Gasteiger partial charge in [0, 0.05) is 5.38 Å². The molecule has 32 heavy (non-hydrogen) atoms. The van der Waals surface area contributed by atoms with E-state index in [1.54, 1.807) is 6.07 Å². The van der Waals surface area contributed by atoms with Crippen LogP contribution in [0.3, 0.4) is 0 Å². The number of aromatic carboxylic acids is 1. The highest BCUT2D eigenvalue weighted by Gasteiger charge is 2.39. The number of nitrogens with zero attached hydrogens (tertiary/aromatic N) is 2. The summed E-state index contributed by atoms with van der Waals surface area (Å²) < 4.78 is 5.37. The first-order valence-corrected chi connectivity index (χ1v) is 10.2. The minimum Gasteiger partial charge on any atom is -0.534 e. The molecule has 1 aromatic carbocycles. The number of hydrogen-bond acceptors (Lipinski definition) is 10. The lowest BCUT2D eigenvalue weighted by Gasteiger charge is -2.29. The molecule has 1 aromatic heterocycles. The van der Waals surface area contributed by atoms with Crippen LogP contribution < -0.4 is 21.4 Å². The molecule has 14 heteroatoms. The molecule has 2 amide bonds. The first-order valence-electron chi connectivity index (χ1n) is 9.28. The van der Waals surface area contributed by atoms with Crippen LogP contribution in [0.25, 0.3) is 0 Å². The molecular weight excluding hydrogens is 441 g/mol. The number of carbonyl (C=O) groups is 3. The Morgan fingerprint density at radius 1 is 1.41 bits per heavy atom. The van der Waals surface area contributed by atoms with Crippen LogP contribution in [-0.4, -0.2) is 57.3 Å². The van der Waals surface area contributed by atoms with E-state index >= 15 is 0 Å². The number of nitrogen functional groups attached to an aromatic ring is 1. The fourth-order valence-corrected chi connectivity index (χ4v) is 3.31. The van der Waals surface area contributed by atoms with Gasteiger partial charge in [-0.25, -0.2) is 9.78 Å². The van der Waals surface area contributed by atoms with Crippen molar-refractivity contribution in [2.24, 2.45) is 10.9 Å². The Bertz CT molecular complexity index is 1100. The Kier molecular flexibility index (Phi) is 6.36. The summed E-state index contributed by atoms with van der Waals surface area (Å²) in [7, 11) is -1.53. The minimum atomic E-state index is -1.53. The van der Waals surface area contributed by atoms with E-state index in [1.807, 2.05) is 0 Å². The van der Waals surface area contributed by atoms with Crippen molar-refractivity contribution in [3.8, 4) is 5.75 Å². The first-order chi connectivity index (χ1) is 15.0. The standard InChI is InChI=1S/C18H20BN5O7S/c1-18(2,16(20)28)31-24-12(10-7-32-17(21)22-10)14(25)23-11-6-8-4-3-5-9(15(26)27)13(8)30-19(11)29/h3-5,7,11,29H,6H2,1-2H3,(H2,20,28)(H2,21,22)(H,23,25)(H,26,27)/b24-12-. The van der Waals surface area contributed by atoms with Crippen molar-refractivity contribution in [1.82, 2.24) is 10.3 Å². The number of nitrogens with two attached hydrogens (primary N) is 2. The zero-order valence-electron chi connectivity index (χ0n) is 17.1. The Labute approximate surface area is 186 Å². The average Bonchev–Trinajstić information content (AvgIpc) is 3.13. The molecule has 0 spiro atoms. The summed E-state index contributed by atoms with van der Waals surface area (Å²) in [6.07, 6.45) is 0.0868. The second-order valence-corrected chi connectivity index (χ2v) is 8.26. The number of carboxylic acid groups (broad SMARTS) is 1. The van der Waals surface area contributed by atoms with Crippen LogP contribution in [0, 0.1) is 0 Å². The molecule has 2 aromatic rings. The summed E-state index contributed by atoms with van der Waals surface area (Å²) in [5.74, 6) is -3.71. The smallest absolute Gasteiger partial charge is 0.534 e. The van der Waals surface area contributed by atoms with Crippen LogP contribution >= 0.6 is 11.3 Å². The van der Waals surface area contributed by atoms with Gasteiger partial charge in [-0.3, -0.25) is 9.59 Å². The van der Waals surface area contributed by atoms with Gasteiger partial charge in [0.05, 0.1) is 11.5 Å². The van der Waals surface area contributed by atoms with Gasteiger partial charge in [-0.1, -0.05) is 17.3 Å². The van der Waals surface area contributed by atoms with Crippen LogP contribution in [0.2, 0.25) is 0 Å². The number of oxime groups is 1. The van der Waals surface area contributed by atoms with Crippen molar-refractivity contribution in [3.63, 3.8) is 0 Å². The Hall–Kier alpha value is -3.65. The van der Waals surface area contributed by atoms with E-state index in [0.29, 0.717) is 5.56 Å². The van der Waals surface area contributed by atoms with Gasteiger partial charge in [0.2, 0.25) is 5.60 Å². The van der Waals surface area contributed by atoms with E-state index in [0.717, 1.165) is 11.3 Å². The van der Waals surface area contributed by atoms with Gasteiger partial charge in [-0.05, 0) is 31.9 Å². The number of amides is 2. The molecule has 1 aliphatic rings. The van der Waals surface area contributed by atoms with Crippen molar-refractivity contribution in [1.29, 1.82) is 0 Å². The molecule has 168 valence electrons. The second kappa shape index (κ2) is 8.84. The van der Waals surface area contributed by atoms with Crippen LogP contribution in [0.1, 0.15) is 35.5 Å². The number of rotatable bonds is 7. The number of carboxylic acids is 1. The maximum atomic E-state index is 13.0. The molecule has 3 rings (SSSR count). The summed E-state index contributed by atoms with van der Waals surface area (Å²) in [6.45, 7) is 2.75. The van der Waals surface area contributed by atoms with Crippen molar-refractivity contribution in [2.45, 2.75) is 31.8 Å². The van der Waals surface area contributed by atoms with Crippen LogP contribution in [0.5, 0.6) is 5.75 Å². The van der Waals surface area contributed by atoms with Crippen LogP contribution in [0.15, 0.2) is 28.7 Å². The minimum absolute atomic E-state index is 0.0331. The first kappa shape index (κ1) is 23.0. The monoisotopic (exact) mass is 461 g/mol. The topological polar surface area (TPSA) is 199 Å². The Morgan fingerprint density at radius 3 is 2.72 bits per heavy atom. The van der Waals surface area contributed by atoms with Gasteiger partial charge in [0.1, 0.15) is 11.4 Å². The van der Waals surface area contributed by atoms with Crippen molar-refractivity contribution >= 4 is 47.1 Å². The van der Waals surface area contributed by atoms with Crippen molar-refractivity contribution in [2.75, 3.05) is 5.73 Å². The zero-order valence-corrected chi connectivity index (χ0v) is 17.9. The Balaban J connectivity index is 1.85. The molecule has 1 atom stereocenters. The van der Waals surface area contributed by atoms with Gasteiger partial charge < -0.3 is 36.4 Å². The molecule has 1 unspecified atom stereocenters. The summed E-state index contributed by atoms with van der Waals surface area (Å²) in [5.41, 5.74) is 9.57. The third-order valence-electron chi connectivity index (χ3n) is 4.60. The van der Waals surface area contributed by atoms with E-state index in [2.05, 4.69) is 15.5 Å². The molecule has 0 bridgehead atoms. The van der Waals surface area contributed by atoms with E-state index in [-0.39, 0.29) is 34.3 Å². The predicted octanol–water partition coefficient (Wildman–Crippen LogP) is -0.452. The maximum Gasteiger partial charge on any atom is 0.547 e. The molecule has 2 heterocycles. The van der Waals surface area contributed by atoms with Gasteiger partial charge in [0.25, 0.3) is 11.8 Å². The zero-order chi connectivity index (χ0) is 23.6. The van der Waals surface area contributed by atoms with Crippen LogP contribution in [-0.2, 0) is 20.8 Å². The number of benzene rings is 1. The third kappa shape index (κ3) is 4.81. The molecule has 0 aliphatic carbocycles. The number of fused-ring (bicyclic) bond motifs is 1. The van der Waals surface area contributed by atoms with Crippen molar-refractivity contribution in [3.05, 3.63) is 40.4 Å². The molecular formula is C18H20BN5O7S. The van der Waals surface area contributed by atoms with Gasteiger partial charge in [-0.2, -0.15) is 0 Å². The van der Waals surface area contributed by atoms with Gasteiger partial charge in [-0.15, -0.1) is 11.3 Å². The largest absolute Gasteiger partial charge is 0.547 e. The lowest BCUT2D eigenvalue weighted by molar-refractivity contribution is -0.139. The highest BCUT2D eigenvalue weighted by molar-refractivity contribution is 7.13. The van der Waals surface area contributed by atoms with Crippen LogP contribution in [0.4, 0.5) is 5.13 Å². The van der Waals surface area contributed by atoms with E-state index in [9.17, 15) is 24.5 Å². The predicted molar refractivity (Wildman–Crippen MR) is 115 cm³/mol. The van der Waals surface area contributed by atoms with Crippen molar-refractivity contribution < 1.29 is 34.0 Å². The quantitative estimate of drug-likeness (QED) is 0.206. The number of anilines is 1. The summed E-state index contributed by atoms with van der Waals surface area (Å²) in [5, 5.41) is 27.6. The van der Waals surface area contributed by atoms with Gasteiger partial charge in [0.15, 0.2) is 10.8 Å². The maximum absolute atomic E-state index is 13.0. The average molecular weight is 461 g/mol. The molecule has 12 nitrogen and oxygen atoms in total. The number of thiazole rings is 1. The number of carbonyl (C=O) groups excluding carboxylic acids is 2. The molecule has 0 saturated carbocycles. The number of hydrogen-bond donors (Lipinski definition) is 5. The summed E-state index contributed by atoms with van der Waals surface area (Å²) >= 11 is 1.06. The van der Waals surface area contributed by atoms with E-state index in [1.165, 1.54) is 31.4 Å². The fourth-order valence-electron chi connectivity index (χ4n) is 2.76. The molecule has 1 aliphatic heterocycles. The third-order valence-corrected chi connectivity index (χ3v) is 5.28. The fraction of sp³-hybridized carbons (Fsp3) is 0.278. The molecule has 0 fully saturated rings. The van der Waals surface area contributed by atoms with Gasteiger partial charge >= 0.3 is 13.1 Å². The second-order valence-electron chi connectivity index (χ2n) is 7.37.